The van der Waals surface area contributed by atoms with Crippen molar-refractivity contribution < 1.29 is 4.79 Å². The zero-order valence-electron chi connectivity index (χ0n) is 12.2. The number of carbonyl (C=O) groups excluding carboxylic acids is 1. The maximum atomic E-state index is 11.7. The lowest BCUT2D eigenvalue weighted by Gasteiger charge is -2.22. The molecule has 0 saturated carbocycles. The van der Waals surface area contributed by atoms with Gasteiger partial charge in [0.05, 0.1) is 5.54 Å². The number of nitrogens with one attached hydrogen (secondary N) is 2. The van der Waals surface area contributed by atoms with Crippen molar-refractivity contribution in [2.75, 3.05) is 13.6 Å². The van der Waals surface area contributed by atoms with Gasteiger partial charge in [-0.15, -0.1) is 0 Å². The second kappa shape index (κ2) is 8.51. The third-order valence-electron chi connectivity index (χ3n) is 3.19. The molecule has 0 bridgehead atoms. The quantitative estimate of drug-likeness (QED) is 0.610. The summed E-state index contributed by atoms with van der Waals surface area (Å²) in [6.07, 6.45) is 6.22. The molecule has 3 nitrogen and oxygen atoms in total. The second-order valence-electron chi connectivity index (χ2n) is 5.73. The van der Waals surface area contributed by atoms with Crippen LogP contribution in [0.1, 0.15) is 59.8 Å². The van der Waals surface area contributed by atoms with Gasteiger partial charge in [0.2, 0.25) is 5.91 Å². The first kappa shape index (κ1) is 16.4. The van der Waals surface area contributed by atoms with E-state index in [0.29, 0.717) is 0 Å². The molecule has 0 aromatic heterocycles. The Balaban J connectivity index is 3.43. The zero-order chi connectivity index (χ0) is 13.3. The lowest BCUT2D eigenvalue weighted by Crippen LogP contribution is -2.51. The fourth-order valence-electron chi connectivity index (χ4n) is 1.57. The highest BCUT2D eigenvalue weighted by Gasteiger charge is 2.24. The molecule has 2 N–H and O–H groups in total. The van der Waals surface area contributed by atoms with Crippen molar-refractivity contribution >= 4 is 5.91 Å². The SMILES string of the molecule is CNC(C)(C)C(=O)NCCCCCCC(C)C. The molecule has 3 heteroatoms. The third kappa shape index (κ3) is 8.19. The molecule has 1 amide bonds. The van der Waals surface area contributed by atoms with Gasteiger partial charge >= 0.3 is 0 Å². The van der Waals surface area contributed by atoms with Gasteiger partial charge in [-0.05, 0) is 33.2 Å². The average molecular weight is 242 g/mol. The van der Waals surface area contributed by atoms with Crippen LogP contribution < -0.4 is 10.6 Å². The Morgan fingerprint density at radius 1 is 1.12 bits per heavy atom. The van der Waals surface area contributed by atoms with Crippen LogP contribution in [0.2, 0.25) is 0 Å². The number of unbranched alkanes of at least 4 members (excludes halogenated alkanes) is 3. The predicted octanol–water partition coefficient (Wildman–Crippen LogP) is 2.71. The van der Waals surface area contributed by atoms with Crippen LogP contribution in [0.3, 0.4) is 0 Å². The molecular formula is C14H30N2O. The highest BCUT2D eigenvalue weighted by atomic mass is 16.2. The van der Waals surface area contributed by atoms with Crippen LogP contribution in [0.15, 0.2) is 0 Å². The summed E-state index contributed by atoms with van der Waals surface area (Å²) in [5, 5.41) is 5.97. The van der Waals surface area contributed by atoms with Crippen LogP contribution in [0, 0.1) is 5.92 Å². The zero-order valence-corrected chi connectivity index (χ0v) is 12.2. The van der Waals surface area contributed by atoms with Crippen molar-refractivity contribution in [2.45, 2.75) is 65.3 Å². The van der Waals surface area contributed by atoms with E-state index in [0.717, 1.165) is 18.9 Å². The minimum absolute atomic E-state index is 0.0854. The molecule has 0 fully saturated rings. The number of hydrogen-bond donors (Lipinski definition) is 2. The van der Waals surface area contributed by atoms with Gasteiger partial charge in [0, 0.05) is 6.54 Å². The summed E-state index contributed by atoms with van der Waals surface area (Å²) >= 11 is 0. The van der Waals surface area contributed by atoms with E-state index in [1.54, 1.807) is 0 Å². The van der Waals surface area contributed by atoms with Crippen LogP contribution in [-0.2, 0) is 4.79 Å². The molecule has 0 aliphatic heterocycles. The van der Waals surface area contributed by atoms with Gasteiger partial charge < -0.3 is 10.6 Å². The first-order chi connectivity index (χ1) is 7.90. The minimum atomic E-state index is -0.461. The summed E-state index contributed by atoms with van der Waals surface area (Å²) < 4.78 is 0. The van der Waals surface area contributed by atoms with E-state index in [1.165, 1.54) is 25.7 Å². The molecule has 0 spiro atoms. The molecule has 102 valence electrons. The summed E-state index contributed by atoms with van der Waals surface area (Å²) in [4.78, 5) is 11.7. The summed E-state index contributed by atoms with van der Waals surface area (Å²) in [6.45, 7) is 9.11. The average Bonchev–Trinajstić information content (AvgIpc) is 2.27. The van der Waals surface area contributed by atoms with Gasteiger partial charge in [-0.3, -0.25) is 4.79 Å². The lowest BCUT2D eigenvalue weighted by molar-refractivity contribution is -0.126. The number of amides is 1. The Morgan fingerprint density at radius 3 is 2.24 bits per heavy atom. The molecule has 0 radical (unpaired) electrons. The normalized spacial score (nSPS) is 11.9. The van der Waals surface area contributed by atoms with Crippen molar-refractivity contribution in [3.05, 3.63) is 0 Å². The topological polar surface area (TPSA) is 41.1 Å². The summed E-state index contributed by atoms with van der Waals surface area (Å²) in [5.74, 6) is 0.897. The Labute approximate surface area is 107 Å². The summed E-state index contributed by atoms with van der Waals surface area (Å²) in [5.41, 5.74) is -0.461. The monoisotopic (exact) mass is 242 g/mol. The lowest BCUT2D eigenvalue weighted by atomic mass is 10.0. The van der Waals surface area contributed by atoms with Crippen molar-refractivity contribution in [2.24, 2.45) is 5.92 Å². The molecule has 0 saturated heterocycles. The Kier molecular flexibility index (Phi) is 8.23. The number of hydrogen-bond acceptors (Lipinski definition) is 2. The Bertz CT molecular complexity index is 212. The van der Waals surface area contributed by atoms with Crippen molar-refractivity contribution in [1.29, 1.82) is 0 Å². The molecule has 0 aromatic carbocycles. The first-order valence-corrected chi connectivity index (χ1v) is 6.87. The van der Waals surface area contributed by atoms with E-state index in [4.69, 9.17) is 0 Å². The van der Waals surface area contributed by atoms with Gasteiger partial charge in [0.1, 0.15) is 0 Å². The van der Waals surface area contributed by atoms with Crippen molar-refractivity contribution in [3.8, 4) is 0 Å². The van der Waals surface area contributed by atoms with E-state index in [1.807, 2.05) is 20.9 Å². The molecule has 0 rings (SSSR count). The number of carbonyl (C=O) groups is 1. The highest BCUT2D eigenvalue weighted by Crippen LogP contribution is 2.09. The van der Waals surface area contributed by atoms with E-state index in [2.05, 4.69) is 24.5 Å². The maximum Gasteiger partial charge on any atom is 0.239 e. The molecule has 0 aromatic rings. The van der Waals surface area contributed by atoms with Crippen LogP contribution in [0.4, 0.5) is 0 Å². The van der Waals surface area contributed by atoms with Crippen LogP contribution in [0.5, 0.6) is 0 Å². The molecule has 17 heavy (non-hydrogen) atoms. The van der Waals surface area contributed by atoms with E-state index in [-0.39, 0.29) is 5.91 Å². The van der Waals surface area contributed by atoms with Gasteiger partial charge in [-0.25, -0.2) is 0 Å². The number of rotatable bonds is 9. The first-order valence-electron chi connectivity index (χ1n) is 6.87. The molecular weight excluding hydrogens is 212 g/mol. The fourth-order valence-corrected chi connectivity index (χ4v) is 1.57. The van der Waals surface area contributed by atoms with Crippen molar-refractivity contribution in [1.82, 2.24) is 10.6 Å². The molecule has 0 atom stereocenters. The fraction of sp³-hybridized carbons (Fsp3) is 0.929. The Morgan fingerprint density at radius 2 is 1.71 bits per heavy atom. The van der Waals surface area contributed by atoms with Crippen molar-refractivity contribution in [3.63, 3.8) is 0 Å². The van der Waals surface area contributed by atoms with Gasteiger partial charge in [-0.1, -0.05) is 39.5 Å². The number of likely N-dealkylation sites (N-methyl/N-ethyl adjacent to an activating group) is 1. The van der Waals surface area contributed by atoms with Crippen LogP contribution >= 0.6 is 0 Å². The summed E-state index contributed by atoms with van der Waals surface area (Å²) in [6, 6.07) is 0. The largest absolute Gasteiger partial charge is 0.355 e. The van der Waals surface area contributed by atoms with Gasteiger partial charge in [0.15, 0.2) is 0 Å². The smallest absolute Gasteiger partial charge is 0.239 e. The maximum absolute atomic E-state index is 11.7. The second-order valence-corrected chi connectivity index (χ2v) is 5.73. The van der Waals surface area contributed by atoms with Crippen LogP contribution in [-0.4, -0.2) is 25.0 Å². The van der Waals surface area contributed by atoms with Gasteiger partial charge in [0.25, 0.3) is 0 Å². The van der Waals surface area contributed by atoms with E-state index in [9.17, 15) is 4.79 Å². The molecule has 0 aliphatic rings. The summed E-state index contributed by atoms with van der Waals surface area (Å²) in [7, 11) is 1.81. The predicted molar refractivity (Wildman–Crippen MR) is 74.1 cm³/mol. The molecule has 0 heterocycles. The molecule has 0 unspecified atom stereocenters. The van der Waals surface area contributed by atoms with E-state index < -0.39 is 5.54 Å². The highest BCUT2D eigenvalue weighted by molar-refractivity contribution is 5.85. The molecule has 0 aliphatic carbocycles. The third-order valence-corrected chi connectivity index (χ3v) is 3.19. The standard InChI is InChI=1S/C14H30N2O/c1-12(2)10-8-6-7-9-11-16-13(17)14(3,4)15-5/h12,15H,6-11H2,1-5H3,(H,16,17). The van der Waals surface area contributed by atoms with Crippen LogP contribution in [0.25, 0.3) is 0 Å². The van der Waals surface area contributed by atoms with Gasteiger partial charge in [-0.2, -0.15) is 0 Å². The Hall–Kier alpha value is -0.570. The minimum Gasteiger partial charge on any atom is -0.355 e. The van der Waals surface area contributed by atoms with E-state index >= 15 is 0 Å².